The van der Waals surface area contributed by atoms with Crippen LogP contribution in [0.2, 0.25) is 0 Å². The van der Waals surface area contributed by atoms with Crippen LogP contribution in [0.3, 0.4) is 0 Å². The third-order valence-corrected chi connectivity index (χ3v) is 6.45. The van der Waals surface area contributed by atoms with Crippen LogP contribution in [-0.2, 0) is 14.8 Å². The molecule has 0 radical (unpaired) electrons. The molecular formula is C20H33N3O3S. The highest BCUT2D eigenvalue weighted by Crippen LogP contribution is 2.21. The monoisotopic (exact) mass is 395 g/mol. The van der Waals surface area contributed by atoms with Gasteiger partial charge in [0.1, 0.15) is 6.04 Å². The van der Waals surface area contributed by atoms with Crippen LogP contribution < -0.4 is 9.62 Å². The Labute approximate surface area is 164 Å². The number of piperidine rings is 1. The number of amides is 1. The first kappa shape index (κ1) is 21.7. The van der Waals surface area contributed by atoms with Gasteiger partial charge < -0.3 is 10.2 Å². The van der Waals surface area contributed by atoms with E-state index in [0.717, 1.165) is 43.8 Å². The molecule has 1 heterocycles. The molecule has 1 unspecified atom stereocenters. The minimum absolute atomic E-state index is 0.270. The first-order valence-corrected chi connectivity index (χ1v) is 11.6. The smallest absolute Gasteiger partial charge is 0.243 e. The van der Waals surface area contributed by atoms with Crippen molar-refractivity contribution in [2.45, 2.75) is 46.1 Å². The number of carbonyl (C=O) groups excluding carboxylic acids is 1. The van der Waals surface area contributed by atoms with E-state index in [1.54, 1.807) is 19.1 Å². The van der Waals surface area contributed by atoms with Crippen molar-refractivity contribution in [3.63, 3.8) is 0 Å². The molecule has 0 aromatic heterocycles. The topological polar surface area (TPSA) is 69.7 Å². The molecule has 0 aliphatic carbocycles. The molecular weight excluding hydrogens is 362 g/mol. The van der Waals surface area contributed by atoms with Crippen LogP contribution in [0.4, 0.5) is 5.69 Å². The number of hydrogen-bond acceptors (Lipinski definition) is 4. The van der Waals surface area contributed by atoms with Crippen LogP contribution in [0, 0.1) is 12.8 Å². The molecule has 7 heteroatoms. The SMILES string of the molecule is Cc1ccc(N(C(C)C(=O)NCCCN2CCC(C)CC2)S(C)(=O)=O)cc1. The van der Waals surface area contributed by atoms with E-state index in [9.17, 15) is 13.2 Å². The average Bonchev–Trinajstić information content (AvgIpc) is 2.60. The zero-order valence-electron chi connectivity index (χ0n) is 16.9. The van der Waals surface area contributed by atoms with Crippen molar-refractivity contribution in [3.05, 3.63) is 29.8 Å². The molecule has 27 heavy (non-hydrogen) atoms. The summed E-state index contributed by atoms with van der Waals surface area (Å²) in [7, 11) is -3.56. The van der Waals surface area contributed by atoms with Gasteiger partial charge in [0, 0.05) is 6.54 Å². The Hall–Kier alpha value is -1.60. The Morgan fingerprint density at radius 1 is 1.26 bits per heavy atom. The number of sulfonamides is 1. The zero-order chi connectivity index (χ0) is 20.0. The Bertz CT molecular complexity index is 710. The van der Waals surface area contributed by atoms with Gasteiger partial charge in [-0.2, -0.15) is 0 Å². The molecule has 1 saturated heterocycles. The number of carbonyl (C=O) groups is 1. The highest BCUT2D eigenvalue weighted by molar-refractivity contribution is 7.92. The summed E-state index contributed by atoms with van der Waals surface area (Å²) in [5.41, 5.74) is 1.55. The summed E-state index contributed by atoms with van der Waals surface area (Å²) >= 11 is 0. The highest BCUT2D eigenvalue weighted by atomic mass is 32.2. The molecule has 1 N–H and O–H groups in total. The van der Waals surface area contributed by atoms with E-state index < -0.39 is 16.1 Å². The van der Waals surface area contributed by atoms with Gasteiger partial charge in [-0.15, -0.1) is 0 Å². The first-order chi connectivity index (χ1) is 12.7. The van der Waals surface area contributed by atoms with E-state index >= 15 is 0 Å². The van der Waals surface area contributed by atoms with Gasteiger partial charge in [-0.05, 0) is 70.8 Å². The molecule has 1 fully saturated rings. The molecule has 1 amide bonds. The van der Waals surface area contributed by atoms with Crippen molar-refractivity contribution in [2.75, 3.05) is 36.7 Å². The molecule has 1 aromatic carbocycles. The van der Waals surface area contributed by atoms with Crippen molar-refractivity contribution < 1.29 is 13.2 Å². The summed E-state index contributed by atoms with van der Waals surface area (Å²) in [5.74, 6) is 0.541. The van der Waals surface area contributed by atoms with E-state index in [2.05, 4.69) is 17.1 Å². The predicted molar refractivity (Wildman–Crippen MR) is 110 cm³/mol. The van der Waals surface area contributed by atoms with Crippen molar-refractivity contribution in [1.82, 2.24) is 10.2 Å². The van der Waals surface area contributed by atoms with Crippen LogP contribution >= 0.6 is 0 Å². The highest BCUT2D eigenvalue weighted by Gasteiger charge is 2.28. The number of nitrogens with zero attached hydrogens (tertiary/aromatic N) is 2. The number of rotatable bonds is 8. The summed E-state index contributed by atoms with van der Waals surface area (Å²) < 4.78 is 25.7. The van der Waals surface area contributed by atoms with Crippen LogP contribution in [-0.4, -0.2) is 57.7 Å². The number of hydrogen-bond donors (Lipinski definition) is 1. The molecule has 0 saturated carbocycles. The molecule has 1 aliphatic rings. The molecule has 6 nitrogen and oxygen atoms in total. The Morgan fingerprint density at radius 2 is 1.85 bits per heavy atom. The van der Waals surface area contributed by atoms with Gasteiger partial charge in [0.15, 0.2) is 0 Å². The van der Waals surface area contributed by atoms with E-state index in [4.69, 9.17) is 0 Å². The first-order valence-electron chi connectivity index (χ1n) is 9.74. The third kappa shape index (κ3) is 6.50. The normalized spacial score (nSPS) is 17.5. The number of anilines is 1. The van der Waals surface area contributed by atoms with Crippen LogP contribution in [0.1, 0.15) is 38.7 Å². The van der Waals surface area contributed by atoms with Gasteiger partial charge in [-0.25, -0.2) is 8.42 Å². The second-order valence-electron chi connectivity index (χ2n) is 7.74. The number of aryl methyl sites for hydroxylation is 1. The Kier molecular flexibility index (Phi) is 7.68. The summed E-state index contributed by atoms with van der Waals surface area (Å²) in [6, 6.07) is 6.36. The quantitative estimate of drug-likeness (QED) is 0.686. The van der Waals surface area contributed by atoms with Gasteiger partial charge in [0.25, 0.3) is 0 Å². The van der Waals surface area contributed by atoms with Crippen LogP contribution in [0.25, 0.3) is 0 Å². The van der Waals surface area contributed by atoms with Gasteiger partial charge in [-0.1, -0.05) is 24.6 Å². The van der Waals surface area contributed by atoms with Crippen molar-refractivity contribution in [2.24, 2.45) is 5.92 Å². The zero-order valence-corrected chi connectivity index (χ0v) is 17.8. The molecule has 0 spiro atoms. The number of likely N-dealkylation sites (tertiary alicyclic amines) is 1. The molecule has 0 bridgehead atoms. The maximum Gasteiger partial charge on any atom is 0.243 e. The summed E-state index contributed by atoms with van der Waals surface area (Å²) in [4.78, 5) is 15.0. The lowest BCUT2D eigenvalue weighted by Crippen LogP contribution is -2.48. The van der Waals surface area contributed by atoms with Gasteiger partial charge in [-0.3, -0.25) is 9.10 Å². The second kappa shape index (κ2) is 9.55. The van der Waals surface area contributed by atoms with Gasteiger partial charge >= 0.3 is 0 Å². The Balaban J connectivity index is 1.88. The second-order valence-corrected chi connectivity index (χ2v) is 9.60. The van der Waals surface area contributed by atoms with Crippen LogP contribution in [0.5, 0.6) is 0 Å². The summed E-state index contributed by atoms with van der Waals surface area (Å²) in [6.07, 6.45) is 4.48. The maximum atomic E-state index is 12.5. The lowest BCUT2D eigenvalue weighted by atomic mass is 9.99. The summed E-state index contributed by atoms with van der Waals surface area (Å²) in [5, 5.41) is 2.89. The average molecular weight is 396 g/mol. The van der Waals surface area contributed by atoms with E-state index in [1.807, 2.05) is 19.1 Å². The fourth-order valence-electron chi connectivity index (χ4n) is 3.45. The molecule has 1 aromatic rings. The van der Waals surface area contributed by atoms with Crippen LogP contribution in [0.15, 0.2) is 24.3 Å². The lowest BCUT2D eigenvalue weighted by Gasteiger charge is -2.30. The van der Waals surface area contributed by atoms with E-state index in [0.29, 0.717) is 12.2 Å². The molecule has 1 aliphatic heterocycles. The number of benzene rings is 1. The molecule has 1 atom stereocenters. The van der Waals surface area contributed by atoms with E-state index in [-0.39, 0.29) is 5.91 Å². The third-order valence-electron chi connectivity index (χ3n) is 5.20. The lowest BCUT2D eigenvalue weighted by molar-refractivity contribution is -0.121. The maximum absolute atomic E-state index is 12.5. The minimum atomic E-state index is -3.56. The van der Waals surface area contributed by atoms with Gasteiger partial charge in [0.05, 0.1) is 11.9 Å². The molecule has 2 rings (SSSR count). The van der Waals surface area contributed by atoms with Gasteiger partial charge in [0.2, 0.25) is 15.9 Å². The Morgan fingerprint density at radius 3 is 2.41 bits per heavy atom. The standard InChI is InChI=1S/C20H33N3O3S/c1-16-6-8-19(9-7-16)23(27(4,25)26)18(3)20(24)21-12-5-13-22-14-10-17(2)11-15-22/h6-9,17-18H,5,10-15H2,1-4H3,(H,21,24). The van der Waals surface area contributed by atoms with Crippen molar-refractivity contribution >= 4 is 21.6 Å². The molecule has 152 valence electrons. The fraction of sp³-hybridized carbons (Fsp3) is 0.650. The summed E-state index contributed by atoms with van der Waals surface area (Å²) in [6.45, 7) is 9.63. The fourth-order valence-corrected chi connectivity index (χ4v) is 4.62. The number of nitrogens with one attached hydrogen (secondary N) is 1. The van der Waals surface area contributed by atoms with Crippen molar-refractivity contribution in [3.8, 4) is 0 Å². The minimum Gasteiger partial charge on any atom is -0.354 e. The largest absolute Gasteiger partial charge is 0.354 e. The van der Waals surface area contributed by atoms with E-state index in [1.165, 1.54) is 17.1 Å². The predicted octanol–water partition coefficient (Wildman–Crippen LogP) is 2.39. The van der Waals surface area contributed by atoms with Crippen molar-refractivity contribution in [1.29, 1.82) is 0 Å².